The van der Waals surface area contributed by atoms with E-state index >= 15 is 0 Å². The van der Waals surface area contributed by atoms with Crippen LogP contribution in [-0.2, 0) is 14.8 Å². The number of nitrogens with zero attached hydrogens (tertiary/aromatic N) is 3. The van der Waals surface area contributed by atoms with Crippen molar-refractivity contribution >= 4 is 55.6 Å². The molecular weight excluding hydrogens is 466 g/mol. The smallest absolute Gasteiger partial charge is 0.322 e. The number of aromatic nitrogens is 1. The van der Waals surface area contributed by atoms with Crippen molar-refractivity contribution in [2.45, 2.75) is 18.7 Å². The number of nitrogens with one attached hydrogen (secondary N) is 2. The van der Waals surface area contributed by atoms with E-state index in [-0.39, 0.29) is 60.4 Å². The van der Waals surface area contributed by atoms with E-state index in [4.69, 9.17) is 16.3 Å². The Hall–Kier alpha value is -2.41. The van der Waals surface area contributed by atoms with Crippen molar-refractivity contribution in [3.05, 3.63) is 27.9 Å². The molecule has 0 aliphatic carbocycles. The lowest BCUT2D eigenvalue weighted by Crippen LogP contribution is -2.51. The Morgan fingerprint density at radius 1 is 1.26 bits per heavy atom. The monoisotopic (exact) mass is 485 g/mol. The molecule has 1 saturated heterocycles. The molecule has 0 saturated carbocycles. The summed E-state index contributed by atoms with van der Waals surface area (Å²) < 4.78 is 32.9. The second-order valence-corrected chi connectivity index (χ2v) is 10.6. The standard InChI is InChI=1S/C18H20ClN5O5S2/c1-10-17(30-11(2)20-10)22-18(26)23-3-5-24(6-4-23)31(27,28)15-8-14-13(7-12(15)19)21-16(25)9-29-14/h7-8H,3-6,9H2,1-2H3,(H,21,25)(H,22,26). The molecule has 2 aliphatic heterocycles. The molecule has 0 unspecified atom stereocenters. The number of sulfonamides is 1. The van der Waals surface area contributed by atoms with Gasteiger partial charge < -0.3 is 15.0 Å². The Morgan fingerprint density at radius 3 is 2.61 bits per heavy atom. The van der Waals surface area contributed by atoms with Crippen LogP contribution in [0, 0.1) is 13.8 Å². The molecule has 2 N–H and O–H groups in total. The van der Waals surface area contributed by atoms with Crippen molar-refractivity contribution in [1.82, 2.24) is 14.2 Å². The average Bonchev–Trinajstić information content (AvgIpc) is 3.03. The summed E-state index contributed by atoms with van der Waals surface area (Å²) in [7, 11) is -3.91. The van der Waals surface area contributed by atoms with Crippen LogP contribution in [-0.4, -0.2) is 67.3 Å². The number of benzene rings is 1. The topological polar surface area (TPSA) is 121 Å². The third kappa shape index (κ3) is 4.33. The fourth-order valence-electron chi connectivity index (χ4n) is 3.37. The molecule has 3 amide bonds. The average molecular weight is 486 g/mol. The maximum absolute atomic E-state index is 13.1. The van der Waals surface area contributed by atoms with Gasteiger partial charge in [0.2, 0.25) is 10.0 Å². The lowest BCUT2D eigenvalue weighted by Gasteiger charge is -2.34. The number of hydrogen-bond donors (Lipinski definition) is 2. The van der Waals surface area contributed by atoms with Gasteiger partial charge in [-0.3, -0.25) is 10.1 Å². The molecule has 13 heteroatoms. The normalized spacial score (nSPS) is 17.0. The maximum Gasteiger partial charge on any atom is 0.322 e. The summed E-state index contributed by atoms with van der Waals surface area (Å²) in [5.41, 5.74) is 1.08. The molecule has 1 aromatic carbocycles. The molecule has 2 aromatic rings. The number of carbonyl (C=O) groups excluding carboxylic acids is 2. The van der Waals surface area contributed by atoms with Crippen LogP contribution in [0.2, 0.25) is 5.02 Å². The summed E-state index contributed by atoms with van der Waals surface area (Å²) in [6.45, 7) is 4.21. The highest BCUT2D eigenvalue weighted by Crippen LogP contribution is 2.37. The zero-order chi connectivity index (χ0) is 22.3. The van der Waals surface area contributed by atoms with Gasteiger partial charge in [0.1, 0.15) is 15.6 Å². The predicted molar refractivity (Wildman–Crippen MR) is 117 cm³/mol. The van der Waals surface area contributed by atoms with E-state index < -0.39 is 10.0 Å². The summed E-state index contributed by atoms with van der Waals surface area (Å²) in [6, 6.07) is 2.39. The van der Waals surface area contributed by atoms with Gasteiger partial charge in [-0.2, -0.15) is 4.31 Å². The number of piperazine rings is 1. The highest BCUT2D eigenvalue weighted by atomic mass is 35.5. The van der Waals surface area contributed by atoms with Crippen LogP contribution in [0.5, 0.6) is 5.75 Å². The van der Waals surface area contributed by atoms with Crippen LogP contribution in [0.4, 0.5) is 15.5 Å². The van der Waals surface area contributed by atoms with Crippen LogP contribution in [0.25, 0.3) is 0 Å². The van der Waals surface area contributed by atoms with E-state index in [1.807, 2.05) is 13.8 Å². The van der Waals surface area contributed by atoms with Gasteiger partial charge in [-0.05, 0) is 19.9 Å². The zero-order valence-corrected chi connectivity index (χ0v) is 19.2. The lowest BCUT2D eigenvalue weighted by molar-refractivity contribution is -0.118. The minimum atomic E-state index is -3.91. The third-order valence-corrected chi connectivity index (χ3v) is 8.29. The van der Waals surface area contributed by atoms with Crippen LogP contribution in [0.1, 0.15) is 10.7 Å². The SMILES string of the molecule is Cc1nc(C)c(NC(=O)N2CCN(S(=O)(=O)c3cc4c(cc3Cl)NC(=O)CO4)CC2)s1. The second kappa shape index (κ2) is 8.26. The van der Waals surface area contributed by atoms with Crippen LogP contribution in [0.15, 0.2) is 17.0 Å². The summed E-state index contributed by atoms with van der Waals surface area (Å²) in [4.78, 5) is 29.7. The van der Waals surface area contributed by atoms with E-state index in [9.17, 15) is 18.0 Å². The number of thiazole rings is 1. The third-order valence-electron chi connectivity index (χ3n) is 4.93. The molecule has 0 spiro atoms. The number of urea groups is 1. The zero-order valence-electron chi connectivity index (χ0n) is 16.8. The quantitative estimate of drug-likeness (QED) is 0.688. The van der Waals surface area contributed by atoms with Gasteiger partial charge in [0.25, 0.3) is 5.91 Å². The minimum absolute atomic E-state index is 0.0132. The number of aryl methyl sites for hydroxylation is 2. The fourth-order valence-corrected chi connectivity index (χ4v) is 6.12. The summed E-state index contributed by atoms with van der Waals surface area (Å²) >= 11 is 7.60. The molecule has 4 rings (SSSR count). The highest BCUT2D eigenvalue weighted by Gasteiger charge is 2.33. The Bertz CT molecular complexity index is 1160. The first-order chi connectivity index (χ1) is 14.6. The van der Waals surface area contributed by atoms with Gasteiger partial charge in [-0.15, -0.1) is 11.3 Å². The molecule has 10 nitrogen and oxygen atoms in total. The largest absolute Gasteiger partial charge is 0.482 e. The van der Waals surface area contributed by atoms with Crippen molar-refractivity contribution < 1.29 is 22.7 Å². The first kappa shape index (κ1) is 21.8. The number of fused-ring (bicyclic) bond motifs is 1. The molecule has 1 aromatic heterocycles. The number of amides is 3. The summed E-state index contributed by atoms with van der Waals surface area (Å²) in [5, 5.41) is 6.95. The Balaban J connectivity index is 1.45. The van der Waals surface area contributed by atoms with Crippen molar-refractivity contribution in [2.75, 3.05) is 43.4 Å². The van der Waals surface area contributed by atoms with Crippen molar-refractivity contribution in [3.8, 4) is 5.75 Å². The Labute approximate surface area is 188 Å². The van der Waals surface area contributed by atoms with Gasteiger partial charge in [0.05, 0.1) is 21.4 Å². The first-order valence-corrected chi connectivity index (χ1v) is 12.0. The number of carbonyl (C=O) groups is 2. The van der Waals surface area contributed by atoms with E-state index in [2.05, 4.69) is 15.6 Å². The molecule has 31 heavy (non-hydrogen) atoms. The number of anilines is 2. The number of halogens is 1. The summed E-state index contributed by atoms with van der Waals surface area (Å²) in [5.74, 6) is -0.0898. The molecule has 0 bridgehead atoms. The van der Waals surface area contributed by atoms with Crippen molar-refractivity contribution in [3.63, 3.8) is 0 Å². The molecule has 2 aliphatic rings. The van der Waals surface area contributed by atoms with Crippen LogP contribution >= 0.6 is 22.9 Å². The van der Waals surface area contributed by atoms with E-state index in [0.717, 1.165) is 10.7 Å². The van der Waals surface area contributed by atoms with Crippen LogP contribution < -0.4 is 15.4 Å². The summed E-state index contributed by atoms with van der Waals surface area (Å²) in [6.07, 6.45) is 0. The lowest BCUT2D eigenvalue weighted by atomic mass is 10.2. The Kier molecular flexibility index (Phi) is 5.81. The number of ether oxygens (including phenoxy) is 1. The molecule has 0 radical (unpaired) electrons. The molecule has 1 fully saturated rings. The van der Waals surface area contributed by atoms with Crippen LogP contribution in [0.3, 0.4) is 0 Å². The van der Waals surface area contributed by atoms with E-state index in [1.165, 1.54) is 27.8 Å². The van der Waals surface area contributed by atoms with Crippen molar-refractivity contribution in [2.24, 2.45) is 0 Å². The molecule has 3 heterocycles. The van der Waals surface area contributed by atoms with Crippen molar-refractivity contribution in [1.29, 1.82) is 0 Å². The first-order valence-electron chi connectivity index (χ1n) is 9.41. The molecular formula is C18H20ClN5O5S2. The molecule has 166 valence electrons. The highest BCUT2D eigenvalue weighted by molar-refractivity contribution is 7.89. The van der Waals surface area contributed by atoms with E-state index in [0.29, 0.717) is 10.7 Å². The second-order valence-electron chi connectivity index (χ2n) is 7.08. The molecule has 0 atom stereocenters. The fraction of sp³-hybridized carbons (Fsp3) is 0.389. The van der Waals surface area contributed by atoms with Gasteiger partial charge in [0, 0.05) is 32.2 Å². The van der Waals surface area contributed by atoms with Gasteiger partial charge in [-0.1, -0.05) is 11.6 Å². The Morgan fingerprint density at radius 2 is 1.97 bits per heavy atom. The van der Waals surface area contributed by atoms with Gasteiger partial charge >= 0.3 is 6.03 Å². The van der Waals surface area contributed by atoms with Gasteiger partial charge in [0.15, 0.2) is 6.61 Å². The van der Waals surface area contributed by atoms with E-state index in [1.54, 1.807) is 4.90 Å². The predicted octanol–water partition coefficient (Wildman–Crippen LogP) is 2.28. The number of hydrogen-bond acceptors (Lipinski definition) is 7. The minimum Gasteiger partial charge on any atom is -0.482 e. The maximum atomic E-state index is 13.1. The van der Waals surface area contributed by atoms with Gasteiger partial charge in [-0.25, -0.2) is 18.2 Å². The number of rotatable bonds is 3.